The fourth-order valence-corrected chi connectivity index (χ4v) is 2.25. The molecule has 0 amide bonds. The molecule has 0 aromatic rings. The molecule has 1 saturated carbocycles. The minimum atomic E-state index is 0. The molecule has 2 heteroatoms. The van der Waals surface area contributed by atoms with Crippen LogP contribution < -0.4 is 0 Å². The van der Waals surface area contributed by atoms with Crippen LogP contribution in [0.15, 0.2) is 0 Å². The van der Waals surface area contributed by atoms with E-state index < -0.39 is 0 Å². The maximum absolute atomic E-state index is 5.98. The third-order valence-corrected chi connectivity index (χ3v) is 3.62. The summed E-state index contributed by atoms with van der Waals surface area (Å²) in [5, 5.41) is 0. The van der Waals surface area contributed by atoms with E-state index in [-0.39, 0.29) is 32.7 Å². The average Bonchev–Trinajstić information content (AvgIpc) is 2.13. The first kappa shape index (κ1) is 13.2. The Labute approximate surface area is 104 Å². The smallest absolute Gasteiger partial charge is 0.0317 e. The Bertz CT molecular complexity index is 145. The van der Waals surface area contributed by atoms with Crippen molar-refractivity contribution < 1.29 is 32.7 Å². The summed E-state index contributed by atoms with van der Waals surface area (Å²) in [6.45, 7) is 9.12. The van der Waals surface area contributed by atoms with Crippen LogP contribution in [0.1, 0.15) is 40.5 Å². The molecule has 1 fully saturated rings. The summed E-state index contributed by atoms with van der Waals surface area (Å²) in [4.78, 5) is 0. The van der Waals surface area contributed by atoms with Gasteiger partial charge in [0.1, 0.15) is 0 Å². The molecule has 0 saturated heterocycles. The number of rotatable bonds is 1. The zero-order chi connectivity index (χ0) is 8.65. The first-order valence-electron chi connectivity index (χ1n) is 4.59. The van der Waals surface area contributed by atoms with E-state index in [2.05, 4.69) is 27.7 Å². The van der Waals surface area contributed by atoms with Crippen LogP contribution in [0.25, 0.3) is 0 Å². The summed E-state index contributed by atoms with van der Waals surface area (Å²) in [6, 6.07) is 0. The van der Waals surface area contributed by atoms with E-state index in [0.717, 1.165) is 5.92 Å². The topological polar surface area (TPSA) is 0 Å². The van der Waals surface area contributed by atoms with Gasteiger partial charge in [0.2, 0.25) is 0 Å². The second-order valence-electron chi connectivity index (χ2n) is 4.35. The van der Waals surface area contributed by atoms with Crippen LogP contribution in [-0.2, 0) is 32.7 Å². The third-order valence-electron chi connectivity index (χ3n) is 3.62. The van der Waals surface area contributed by atoms with Gasteiger partial charge in [-0.1, -0.05) is 39.5 Å². The monoisotopic (exact) mass is 238 g/mol. The molecule has 0 aromatic carbocycles. The molecule has 0 nitrogen and oxygen atoms in total. The van der Waals surface area contributed by atoms with Crippen LogP contribution in [-0.4, -0.2) is 7.85 Å². The quantitative estimate of drug-likeness (QED) is 0.486. The van der Waals surface area contributed by atoms with Gasteiger partial charge >= 0.3 is 0 Å². The van der Waals surface area contributed by atoms with Gasteiger partial charge in [-0.25, -0.2) is 0 Å². The molecule has 0 spiro atoms. The molecular formula is C10H18BY-. The van der Waals surface area contributed by atoms with Gasteiger partial charge in [-0.05, 0) is 0 Å². The van der Waals surface area contributed by atoms with Crippen molar-refractivity contribution in [1.82, 2.24) is 0 Å². The van der Waals surface area contributed by atoms with Crippen LogP contribution >= 0.6 is 0 Å². The fourth-order valence-electron chi connectivity index (χ4n) is 2.25. The summed E-state index contributed by atoms with van der Waals surface area (Å²) in [5.74, 6) is 2.65. The molecule has 0 bridgehead atoms. The van der Waals surface area contributed by atoms with E-state index in [1.165, 1.54) is 18.8 Å². The van der Waals surface area contributed by atoms with Crippen molar-refractivity contribution in [3.8, 4) is 0 Å². The second-order valence-corrected chi connectivity index (χ2v) is 4.35. The van der Waals surface area contributed by atoms with E-state index >= 15 is 0 Å². The zero-order valence-corrected chi connectivity index (χ0v) is 11.6. The molecule has 1 aliphatic rings. The van der Waals surface area contributed by atoms with Gasteiger partial charge < -0.3 is 5.92 Å². The predicted molar refractivity (Wildman–Crippen MR) is 50.6 cm³/mol. The standard InChI is InChI=1S/C10H18B.Y/c1-5-8-6-9(11)7(2)10(8,3)4;/h8-9H,5-6H2,1-4H3;/q-1;. The average molecular weight is 238 g/mol. The first-order chi connectivity index (χ1) is 5.00. The maximum Gasteiger partial charge on any atom is 0.0317 e. The summed E-state index contributed by atoms with van der Waals surface area (Å²) < 4.78 is 0. The van der Waals surface area contributed by atoms with Crippen molar-refractivity contribution in [3.63, 3.8) is 0 Å². The maximum atomic E-state index is 5.98. The molecule has 1 rings (SSSR count). The van der Waals surface area contributed by atoms with E-state index in [9.17, 15) is 0 Å². The molecule has 0 heterocycles. The van der Waals surface area contributed by atoms with Crippen molar-refractivity contribution in [2.24, 2.45) is 11.3 Å². The minimum Gasteiger partial charge on any atom is -0.316 e. The largest absolute Gasteiger partial charge is 0.316 e. The predicted octanol–water partition coefficient (Wildman–Crippen LogP) is 2.99. The Morgan fingerprint density at radius 2 is 2.00 bits per heavy atom. The number of hydrogen-bond acceptors (Lipinski definition) is 0. The molecule has 0 N–H and O–H groups in total. The Balaban J connectivity index is 0.00000121. The second kappa shape index (κ2) is 4.60. The molecule has 3 radical (unpaired) electrons. The van der Waals surface area contributed by atoms with Gasteiger partial charge in [0.15, 0.2) is 0 Å². The summed E-state index contributed by atoms with van der Waals surface area (Å²) in [6.07, 6.45) is 2.45. The SMILES string of the molecule is [B]C1CC(CC)C(C)(C)[C-]1C.[Y]. The van der Waals surface area contributed by atoms with Crippen molar-refractivity contribution >= 4 is 7.85 Å². The summed E-state index contributed by atoms with van der Waals surface area (Å²) in [7, 11) is 5.98. The van der Waals surface area contributed by atoms with Gasteiger partial charge in [0.05, 0.1) is 0 Å². The van der Waals surface area contributed by atoms with Crippen LogP contribution in [0.5, 0.6) is 0 Å². The molecule has 65 valence electrons. The minimum absolute atomic E-state index is 0. The number of hydrogen-bond donors (Lipinski definition) is 0. The Morgan fingerprint density at radius 1 is 1.50 bits per heavy atom. The molecule has 2 atom stereocenters. The van der Waals surface area contributed by atoms with Crippen LogP contribution in [0, 0.1) is 17.3 Å². The Morgan fingerprint density at radius 3 is 2.17 bits per heavy atom. The van der Waals surface area contributed by atoms with Crippen molar-refractivity contribution in [2.45, 2.75) is 46.4 Å². The van der Waals surface area contributed by atoms with Gasteiger partial charge in [0.25, 0.3) is 0 Å². The van der Waals surface area contributed by atoms with E-state index in [4.69, 9.17) is 7.85 Å². The summed E-state index contributed by atoms with van der Waals surface area (Å²) >= 11 is 0. The van der Waals surface area contributed by atoms with Crippen LogP contribution in [0.2, 0.25) is 5.82 Å². The van der Waals surface area contributed by atoms with Crippen molar-refractivity contribution in [3.05, 3.63) is 5.92 Å². The third kappa shape index (κ3) is 2.15. The van der Waals surface area contributed by atoms with Gasteiger partial charge in [-0.2, -0.15) is 18.2 Å². The zero-order valence-electron chi connectivity index (χ0n) is 8.72. The normalized spacial score (nSPS) is 34.7. The van der Waals surface area contributed by atoms with Gasteiger partial charge in [-0.3, -0.25) is 0 Å². The molecule has 2 unspecified atom stereocenters. The fraction of sp³-hybridized carbons (Fsp3) is 0.900. The Hall–Kier alpha value is 1.17. The van der Waals surface area contributed by atoms with E-state index in [1.807, 2.05) is 0 Å². The molecule has 0 aliphatic heterocycles. The molecule has 1 aliphatic carbocycles. The van der Waals surface area contributed by atoms with Crippen LogP contribution in [0.3, 0.4) is 0 Å². The van der Waals surface area contributed by atoms with Gasteiger partial charge in [0, 0.05) is 40.6 Å². The molecular weight excluding hydrogens is 220 g/mol. The van der Waals surface area contributed by atoms with E-state index in [0.29, 0.717) is 11.2 Å². The Kier molecular flexibility index (Phi) is 5.05. The molecule has 0 aromatic heterocycles. The van der Waals surface area contributed by atoms with Crippen LogP contribution in [0.4, 0.5) is 0 Å². The van der Waals surface area contributed by atoms with Crippen molar-refractivity contribution in [1.29, 1.82) is 0 Å². The van der Waals surface area contributed by atoms with E-state index in [1.54, 1.807) is 0 Å². The first-order valence-corrected chi connectivity index (χ1v) is 4.59. The van der Waals surface area contributed by atoms with Gasteiger partial charge in [-0.15, -0.1) is 0 Å². The van der Waals surface area contributed by atoms with Crippen molar-refractivity contribution in [2.75, 3.05) is 0 Å². The summed E-state index contributed by atoms with van der Waals surface area (Å²) in [5.41, 5.74) is 0.383. The molecule has 12 heavy (non-hydrogen) atoms.